The number of thiazole rings is 1. The van der Waals surface area contributed by atoms with Gasteiger partial charge in [0.05, 0.1) is 11.1 Å². The number of aromatic nitrogens is 1. The third kappa shape index (κ3) is 4.70. The first kappa shape index (κ1) is 15.2. The van der Waals surface area contributed by atoms with Gasteiger partial charge in [0.25, 0.3) is 0 Å². The molecule has 0 saturated heterocycles. The summed E-state index contributed by atoms with van der Waals surface area (Å²) in [5.41, 5.74) is 0.647. The van der Waals surface area contributed by atoms with Crippen molar-refractivity contribution in [3.05, 3.63) is 49.8 Å². The van der Waals surface area contributed by atoms with E-state index < -0.39 is 0 Å². The summed E-state index contributed by atoms with van der Waals surface area (Å²) in [5.74, 6) is -0.00863. The molecule has 0 amide bonds. The Morgan fingerprint density at radius 3 is 2.85 bits per heavy atom. The smallest absolute Gasteiger partial charge is 0.183 e. The van der Waals surface area contributed by atoms with E-state index in [1.807, 2.05) is 12.1 Å². The van der Waals surface area contributed by atoms with E-state index in [9.17, 15) is 4.79 Å². The van der Waals surface area contributed by atoms with Crippen LogP contribution < -0.4 is 0 Å². The van der Waals surface area contributed by atoms with Crippen LogP contribution in [0.15, 0.2) is 40.1 Å². The normalized spacial score (nSPS) is 10.9. The summed E-state index contributed by atoms with van der Waals surface area (Å²) in [5, 5.41) is 3.74. The second-order valence-corrected chi connectivity index (χ2v) is 6.39. The molecule has 2 rings (SSSR count). The van der Waals surface area contributed by atoms with Gasteiger partial charge >= 0.3 is 0 Å². The highest BCUT2D eigenvalue weighted by Gasteiger charge is 2.03. The van der Waals surface area contributed by atoms with Crippen LogP contribution in [0.25, 0.3) is 0 Å². The van der Waals surface area contributed by atoms with Crippen LogP contribution in [0.4, 0.5) is 0 Å². The van der Waals surface area contributed by atoms with E-state index in [-0.39, 0.29) is 12.2 Å². The number of halogens is 2. The summed E-state index contributed by atoms with van der Waals surface area (Å²) in [4.78, 5) is 21.6. The van der Waals surface area contributed by atoms with Crippen LogP contribution >= 0.6 is 38.9 Å². The molecular formula is C13H10BrClN2O2S. The Bertz CT molecular complexity index is 613. The van der Waals surface area contributed by atoms with E-state index in [1.54, 1.807) is 18.3 Å². The molecule has 20 heavy (non-hydrogen) atoms. The van der Waals surface area contributed by atoms with E-state index >= 15 is 0 Å². The highest BCUT2D eigenvalue weighted by atomic mass is 79.9. The Morgan fingerprint density at radius 2 is 2.20 bits per heavy atom. The molecule has 104 valence electrons. The Labute approximate surface area is 133 Å². The van der Waals surface area contributed by atoms with Crippen molar-refractivity contribution in [3.8, 4) is 0 Å². The highest BCUT2D eigenvalue weighted by Crippen LogP contribution is 2.18. The summed E-state index contributed by atoms with van der Waals surface area (Å²) in [6, 6.07) is 7.18. The minimum absolute atomic E-state index is 0.00863. The number of oxime groups is 1. The summed E-state index contributed by atoms with van der Waals surface area (Å²) in [6.45, 7) is 0.299. The number of carbonyl (C=O) groups is 1. The van der Waals surface area contributed by atoms with Gasteiger partial charge in [0.2, 0.25) is 0 Å². The molecule has 0 aliphatic heterocycles. The van der Waals surface area contributed by atoms with E-state index in [1.165, 1.54) is 17.6 Å². The van der Waals surface area contributed by atoms with E-state index in [0.717, 1.165) is 9.35 Å². The molecule has 0 saturated carbocycles. The molecule has 1 aromatic heterocycles. The number of hydrogen-bond donors (Lipinski definition) is 0. The minimum atomic E-state index is -0.00863. The fourth-order valence-electron chi connectivity index (χ4n) is 1.38. The molecule has 0 radical (unpaired) electrons. The summed E-state index contributed by atoms with van der Waals surface area (Å²) in [7, 11) is 0. The van der Waals surface area contributed by atoms with Gasteiger partial charge in [-0.25, -0.2) is 4.98 Å². The quantitative estimate of drug-likeness (QED) is 0.430. The first-order valence-electron chi connectivity index (χ1n) is 5.68. The second kappa shape index (κ2) is 7.52. The number of rotatable bonds is 6. The zero-order chi connectivity index (χ0) is 14.4. The van der Waals surface area contributed by atoms with Crippen molar-refractivity contribution in [2.75, 3.05) is 0 Å². The second-order valence-electron chi connectivity index (χ2n) is 3.78. The Balaban J connectivity index is 1.75. The summed E-state index contributed by atoms with van der Waals surface area (Å²) >= 11 is 10.3. The van der Waals surface area contributed by atoms with Crippen LogP contribution in [0.1, 0.15) is 21.7 Å². The molecule has 0 atom stereocenters. The fourth-order valence-corrected chi connectivity index (χ4v) is 2.53. The van der Waals surface area contributed by atoms with E-state index in [2.05, 4.69) is 26.1 Å². The molecule has 1 aromatic carbocycles. The minimum Gasteiger partial charge on any atom is -0.390 e. The van der Waals surface area contributed by atoms with Gasteiger partial charge in [-0.15, -0.1) is 11.3 Å². The largest absolute Gasteiger partial charge is 0.390 e. The summed E-state index contributed by atoms with van der Waals surface area (Å²) in [6.07, 6.45) is 3.29. The van der Waals surface area contributed by atoms with Crippen LogP contribution in [0.2, 0.25) is 4.47 Å². The molecule has 0 spiro atoms. The zero-order valence-corrected chi connectivity index (χ0v) is 13.4. The van der Waals surface area contributed by atoms with Gasteiger partial charge < -0.3 is 4.84 Å². The average molecular weight is 374 g/mol. The van der Waals surface area contributed by atoms with Crippen LogP contribution in [0.3, 0.4) is 0 Å². The topological polar surface area (TPSA) is 51.5 Å². The predicted molar refractivity (Wildman–Crippen MR) is 83.5 cm³/mol. The van der Waals surface area contributed by atoms with E-state index in [0.29, 0.717) is 16.6 Å². The van der Waals surface area contributed by atoms with Crippen LogP contribution in [-0.4, -0.2) is 17.0 Å². The SMILES string of the molecule is O=C(C/C=N\OCc1cnc(Cl)s1)c1ccc(Br)cc1. The predicted octanol–water partition coefficient (Wildman–Crippen LogP) is 4.33. The van der Waals surface area contributed by atoms with Crippen LogP contribution in [0, 0.1) is 0 Å². The van der Waals surface area contributed by atoms with Crippen molar-refractivity contribution in [1.29, 1.82) is 0 Å². The average Bonchev–Trinajstić information content (AvgIpc) is 2.84. The number of carbonyl (C=O) groups excluding carboxylic acids is 1. The lowest BCUT2D eigenvalue weighted by Crippen LogP contribution is -1.99. The number of ketones is 1. The van der Waals surface area contributed by atoms with Crippen LogP contribution in [-0.2, 0) is 11.4 Å². The number of nitrogens with zero attached hydrogens (tertiary/aromatic N) is 2. The molecular weight excluding hydrogens is 364 g/mol. The van der Waals surface area contributed by atoms with Gasteiger partial charge in [-0.05, 0) is 12.1 Å². The molecule has 0 aliphatic carbocycles. The van der Waals surface area contributed by atoms with Crippen molar-refractivity contribution in [3.63, 3.8) is 0 Å². The lowest BCUT2D eigenvalue weighted by Gasteiger charge is -1.98. The monoisotopic (exact) mass is 372 g/mol. The molecule has 0 bridgehead atoms. The Morgan fingerprint density at radius 1 is 1.45 bits per heavy atom. The van der Waals surface area contributed by atoms with Crippen LogP contribution in [0.5, 0.6) is 0 Å². The molecule has 4 nitrogen and oxygen atoms in total. The maximum absolute atomic E-state index is 11.8. The molecule has 7 heteroatoms. The standard InChI is InChI=1S/C13H10BrClN2O2S/c14-10-3-1-9(2-4-10)12(18)5-6-17-19-8-11-7-16-13(15)20-11/h1-4,6-7H,5,8H2/b17-6-. The van der Waals surface area contributed by atoms with Crippen molar-refractivity contribution in [2.24, 2.45) is 5.16 Å². The maximum Gasteiger partial charge on any atom is 0.183 e. The zero-order valence-electron chi connectivity index (χ0n) is 10.3. The Kier molecular flexibility index (Phi) is 5.70. The first-order chi connectivity index (χ1) is 9.65. The number of benzene rings is 1. The lowest BCUT2D eigenvalue weighted by molar-refractivity contribution is 0.0996. The van der Waals surface area contributed by atoms with Crippen molar-refractivity contribution in [2.45, 2.75) is 13.0 Å². The van der Waals surface area contributed by atoms with Gasteiger partial charge in [-0.2, -0.15) is 0 Å². The Hall–Kier alpha value is -1.24. The highest BCUT2D eigenvalue weighted by molar-refractivity contribution is 9.10. The summed E-state index contributed by atoms with van der Waals surface area (Å²) < 4.78 is 1.41. The van der Waals surface area contributed by atoms with Gasteiger partial charge in [0.1, 0.15) is 0 Å². The number of hydrogen-bond acceptors (Lipinski definition) is 5. The molecule has 2 aromatic rings. The first-order valence-corrected chi connectivity index (χ1v) is 7.66. The molecule has 0 unspecified atom stereocenters. The molecule has 0 N–H and O–H groups in total. The van der Waals surface area contributed by atoms with Crippen molar-refractivity contribution >= 4 is 50.9 Å². The third-order valence-corrected chi connectivity index (χ3v) is 3.94. The van der Waals surface area contributed by atoms with Crippen molar-refractivity contribution < 1.29 is 9.63 Å². The molecule has 1 heterocycles. The van der Waals surface area contributed by atoms with Gasteiger partial charge in [-0.3, -0.25) is 4.79 Å². The molecule has 0 fully saturated rings. The van der Waals surface area contributed by atoms with E-state index in [4.69, 9.17) is 16.4 Å². The fraction of sp³-hybridized carbons (Fsp3) is 0.154. The van der Waals surface area contributed by atoms with Crippen molar-refractivity contribution in [1.82, 2.24) is 4.98 Å². The van der Waals surface area contributed by atoms with Gasteiger partial charge in [0, 0.05) is 22.7 Å². The van der Waals surface area contributed by atoms with Gasteiger partial charge in [0.15, 0.2) is 16.9 Å². The van der Waals surface area contributed by atoms with Gasteiger partial charge in [-0.1, -0.05) is 44.8 Å². The molecule has 0 aliphatic rings. The maximum atomic E-state index is 11.8. The third-order valence-electron chi connectivity index (χ3n) is 2.32. The number of Topliss-reactive ketones (excluding diaryl/α,β-unsaturated/α-hetero) is 1. The lowest BCUT2D eigenvalue weighted by atomic mass is 10.1.